The highest BCUT2D eigenvalue weighted by Gasteiger charge is 2.12. The van der Waals surface area contributed by atoms with Crippen molar-refractivity contribution >= 4 is 27.6 Å². The van der Waals surface area contributed by atoms with Crippen LogP contribution in [0.1, 0.15) is 38.6 Å². The second-order valence-electron chi connectivity index (χ2n) is 7.95. The topological polar surface area (TPSA) is 74.1 Å². The number of nitrogens with one attached hydrogen (secondary N) is 1. The summed E-state index contributed by atoms with van der Waals surface area (Å²) in [5, 5.41) is 9.24. The van der Waals surface area contributed by atoms with Crippen molar-refractivity contribution in [1.82, 2.24) is 19.3 Å². The zero-order valence-electron chi connectivity index (χ0n) is 20.3. The molecular weight excluding hydrogens is 440 g/mol. The van der Waals surface area contributed by atoms with Crippen LogP contribution in [0.5, 0.6) is 11.5 Å². The smallest absolute Gasteiger partial charge is 0.161 e. The fourth-order valence-electron chi connectivity index (χ4n) is 4.22. The first kappa shape index (κ1) is 25.6. The molecular formula is C28H34N4O3. The molecule has 1 N–H and O–H groups in total. The van der Waals surface area contributed by atoms with Gasteiger partial charge in [-0.25, -0.2) is 0 Å². The summed E-state index contributed by atoms with van der Waals surface area (Å²) in [5.41, 5.74) is 5.22. The summed E-state index contributed by atoms with van der Waals surface area (Å²) in [6.07, 6.45) is 5.83. The Kier molecular flexibility index (Phi) is 8.02. The number of carbonyl (C=O) groups is 1. The molecule has 5 aromatic rings. The Bertz CT molecular complexity index is 1430. The van der Waals surface area contributed by atoms with E-state index in [9.17, 15) is 4.79 Å². The lowest BCUT2D eigenvalue weighted by Crippen LogP contribution is -1.92. The van der Waals surface area contributed by atoms with Gasteiger partial charge < -0.3 is 18.6 Å². The van der Waals surface area contributed by atoms with Gasteiger partial charge >= 0.3 is 0 Å². The van der Waals surface area contributed by atoms with Crippen molar-refractivity contribution in [2.75, 3.05) is 14.2 Å². The van der Waals surface area contributed by atoms with Gasteiger partial charge in [0.15, 0.2) is 5.78 Å². The van der Waals surface area contributed by atoms with E-state index in [1.807, 2.05) is 36.5 Å². The zero-order chi connectivity index (χ0) is 24.2. The van der Waals surface area contributed by atoms with Crippen LogP contribution in [-0.2, 0) is 13.1 Å². The summed E-state index contributed by atoms with van der Waals surface area (Å²) in [6, 6.07) is 13.9. The largest absolute Gasteiger partial charge is 0.497 e. The molecule has 0 aliphatic rings. The number of carbonyl (C=O) groups excluding carboxylic acids is 1. The third-order valence-electron chi connectivity index (χ3n) is 6.03. The first-order valence-electron chi connectivity index (χ1n) is 11.3. The van der Waals surface area contributed by atoms with Gasteiger partial charge in [0, 0.05) is 65.7 Å². The number of aryl methyl sites for hydroxylation is 2. The average molecular weight is 475 g/mol. The van der Waals surface area contributed by atoms with Crippen LogP contribution in [0.2, 0.25) is 0 Å². The van der Waals surface area contributed by atoms with Crippen molar-refractivity contribution in [1.29, 1.82) is 0 Å². The number of ether oxygens (including phenoxy) is 2. The second kappa shape index (κ2) is 11.0. The van der Waals surface area contributed by atoms with Crippen LogP contribution in [0.15, 0.2) is 61.1 Å². The normalized spacial score (nSPS) is 10.5. The Labute approximate surface area is 206 Å². The predicted octanol–water partition coefficient (Wildman–Crippen LogP) is 6.57. The van der Waals surface area contributed by atoms with Gasteiger partial charge in [-0.05, 0) is 51.1 Å². The number of Topliss-reactive ketones (excluding diaryl/α,β-unsaturated/α-hetero) is 1. The lowest BCUT2D eigenvalue weighted by Gasteiger charge is -2.03. The first-order chi connectivity index (χ1) is 16.5. The van der Waals surface area contributed by atoms with Crippen molar-refractivity contribution in [2.24, 2.45) is 0 Å². The molecule has 35 heavy (non-hydrogen) atoms. The fourth-order valence-corrected chi connectivity index (χ4v) is 4.22. The maximum Gasteiger partial charge on any atom is 0.161 e. The molecule has 0 saturated carbocycles. The minimum Gasteiger partial charge on any atom is -0.497 e. The molecule has 0 spiro atoms. The van der Waals surface area contributed by atoms with Crippen LogP contribution in [0.25, 0.3) is 33.1 Å². The van der Waals surface area contributed by atoms with Crippen molar-refractivity contribution in [3.8, 4) is 22.8 Å². The molecule has 2 aromatic carbocycles. The van der Waals surface area contributed by atoms with E-state index in [0.717, 1.165) is 46.7 Å². The number of rotatable bonds is 6. The number of hydrogen-bond acceptors (Lipinski definition) is 4. The number of hydrogen-bond donors (Lipinski definition) is 1. The standard InChI is InChI=1S/C14H15N3O.C13H15NO2.CH4/c1-3-17-9-12(13-6-7-15-16-13)11-5-4-10(18-2)8-14(11)17;1-4-14-8-12(9(2)15)11-6-5-10(16-3)7-13(11)14;/h4-9H,3H2,1-2H3,(H,15,16);5-8H,4H2,1-3H3;1H4. The molecule has 3 aromatic heterocycles. The summed E-state index contributed by atoms with van der Waals surface area (Å²) < 4.78 is 14.8. The minimum atomic E-state index is 0. The van der Waals surface area contributed by atoms with Crippen molar-refractivity contribution in [3.63, 3.8) is 0 Å². The molecule has 0 aliphatic carbocycles. The summed E-state index contributed by atoms with van der Waals surface area (Å²) in [7, 11) is 3.34. The molecule has 184 valence electrons. The van der Waals surface area contributed by atoms with Gasteiger partial charge in [0.05, 0.1) is 30.9 Å². The number of H-pyrrole nitrogens is 1. The molecule has 0 amide bonds. The van der Waals surface area contributed by atoms with Crippen LogP contribution in [0.3, 0.4) is 0 Å². The van der Waals surface area contributed by atoms with Crippen LogP contribution in [0, 0.1) is 0 Å². The Morgan fingerprint density at radius 1 is 0.886 bits per heavy atom. The molecule has 0 saturated heterocycles. The minimum absolute atomic E-state index is 0. The van der Waals surface area contributed by atoms with Gasteiger partial charge in [-0.2, -0.15) is 5.10 Å². The second-order valence-corrected chi connectivity index (χ2v) is 7.95. The third kappa shape index (κ3) is 4.94. The maximum absolute atomic E-state index is 11.5. The fraction of sp³-hybridized carbons (Fsp3) is 0.286. The number of ketones is 1. The number of methoxy groups -OCH3 is 2. The Morgan fingerprint density at radius 3 is 1.97 bits per heavy atom. The summed E-state index contributed by atoms with van der Waals surface area (Å²) in [6.45, 7) is 7.56. The van der Waals surface area contributed by atoms with E-state index >= 15 is 0 Å². The highest BCUT2D eigenvalue weighted by atomic mass is 16.5. The molecule has 0 aliphatic heterocycles. The molecule has 3 heterocycles. The molecule has 0 atom stereocenters. The molecule has 0 radical (unpaired) electrons. The Hall–Kier alpha value is -4.00. The van der Waals surface area contributed by atoms with Gasteiger partial charge in [-0.1, -0.05) is 7.43 Å². The van der Waals surface area contributed by atoms with Gasteiger partial charge in [-0.3, -0.25) is 9.89 Å². The Balaban J connectivity index is 0.000000192. The summed E-state index contributed by atoms with van der Waals surface area (Å²) in [5.74, 6) is 1.80. The molecule has 0 unspecified atom stereocenters. The predicted molar refractivity (Wildman–Crippen MR) is 143 cm³/mol. The lowest BCUT2D eigenvalue weighted by molar-refractivity contribution is 0.101. The molecule has 0 fully saturated rings. The lowest BCUT2D eigenvalue weighted by atomic mass is 10.1. The van der Waals surface area contributed by atoms with Gasteiger partial charge in [-0.15, -0.1) is 0 Å². The molecule has 7 nitrogen and oxygen atoms in total. The van der Waals surface area contributed by atoms with E-state index in [4.69, 9.17) is 9.47 Å². The average Bonchev–Trinajstić information content (AvgIpc) is 3.60. The quantitative estimate of drug-likeness (QED) is 0.283. The van der Waals surface area contributed by atoms with E-state index < -0.39 is 0 Å². The number of aromatic amines is 1. The highest BCUT2D eigenvalue weighted by molar-refractivity contribution is 6.07. The number of nitrogens with zero attached hydrogens (tertiary/aromatic N) is 3. The van der Waals surface area contributed by atoms with E-state index in [2.05, 4.69) is 51.5 Å². The van der Waals surface area contributed by atoms with Gasteiger partial charge in [0.2, 0.25) is 0 Å². The number of benzene rings is 2. The van der Waals surface area contributed by atoms with Crippen LogP contribution in [-0.4, -0.2) is 39.3 Å². The van der Waals surface area contributed by atoms with Crippen LogP contribution >= 0.6 is 0 Å². The molecule has 7 heteroatoms. The van der Waals surface area contributed by atoms with Gasteiger partial charge in [0.1, 0.15) is 11.5 Å². The van der Waals surface area contributed by atoms with E-state index in [0.29, 0.717) is 0 Å². The SMILES string of the molecule is C.CCn1cc(-c2ccn[nH]2)c2ccc(OC)cc21.CCn1cc(C(C)=O)c2ccc(OC)cc21. The Morgan fingerprint density at radius 2 is 1.46 bits per heavy atom. The highest BCUT2D eigenvalue weighted by Crippen LogP contribution is 2.31. The number of aromatic nitrogens is 4. The first-order valence-corrected chi connectivity index (χ1v) is 11.3. The zero-order valence-corrected chi connectivity index (χ0v) is 20.3. The molecule has 0 bridgehead atoms. The van der Waals surface area contributed by atoms with Gasteiger partial charge in [0.25, 0.3) is 0 Å². The maximum atomic E-state index is 11.5. The van der Waals surface area contributed by atoms with Crippen LogP contribution < -0.4 is 9.47 Å². The summed E-state index contributed by atoms with van der Waals surface area (Å²) >= 11 is 0. The van der Waals surface area contributed by atoms with Crippen molar-refractivity contribution in [2.45, 2.75) is 41.3 Å². The van der Waals surface area contributed by atoms with E-state index in [1.54, 1.807) is 27.3 Å². The third-order valence-corrected chi connectivity index (χ3v) is 6.03. The van der Waals surface area contributed by atoms with E-state index in [1.165, 1.54) is 16.5 Å². The van der Waals surface area contributed by atoms with Crippen molar-refractivity contribution < 1.29 is 14.3 Å². The van der Waals surface area contributed by atoms with Crippen molar-refractivity contribution in [3.05, 3.63) is 66.6 Å². The monoisotopic (exact) mass is 474 g/mol. The van der Waals surface area contributed by atoms with E-state index in [-0.39, 0.29) is 13.2 Å². The number of fused-ring (bicyclic) bond motifs is 2. The molecule has 5 rings (SSSR count). The summed E-state index contributed by atoms with van der Waals surface area (Å²) in [4.78, 5) is 11.5. The van der Waals surface area contributed by atoms with Crippen LogP contribution in [0.4, 0.5) is 0 Å².